The quantitative estimate of drug-likeness (QED) is 0.666. The molecule has 0 aliphatic rings. The van der Waals surface area contributed by atoms with E-state index in [4.69, 9.17) is 5.11 Å². The summed E-state index contributed by atoms with van der Waals surface area (Å²) >= 11 is 0. The van der Waals surface area contributed by atoms with Crippen LogP contribution >= 0.6 is 0 Å². The molecule has 0 radical (unpaired) electrons. The van der Waals surface area contributed by atoms with E-state index in [2.05, 4.69) is 0 Å². The number of aliphatic hydroxyl groups is 1. The molecule has 0 aromatic carbocycles. The summed E-state index contributed by atoms with van der Waals surface area (Å²) < 4.78 is 10.6. The second-order valence-electron chi connectivity index (χ2n) is 3.35. The lowest BCUT2D eigenvalue weighted by atomic mass is 9.92. The molecule has 0 heterocycles. The minimum atomic E-state index is -0.725. The maximum Gasteiger partial charge on any atom is 0.0482 e. The van der Waals surface area contributed by atoms with Crippen LogP contribution in [-0.4, -0.2) is 27.9 Å². The lowest BCUT2D eigenvalue weighted by Gasteiger charge is -2.20. The van der Waals surface area contributed by atoms with Gasteiger partial charge in [-0.05, 0) is 11.8 Å². The Morgan fingerprint density at radius 2 is 2.00 bits per heavy atom. The van der Waals surface area contributed by atoms with Gasteiger partial charge in [0, 0.05) is 29.4 Å². The minimum absolute atomic E-state index is 0.0638. The fraction of sp³-hybridized carbons (Fsp3) is 1.00. The molecule has 0 fully saturated rings. The summed E-state index contributed by atoms with van der Waals surface area (Å²) in [7, 11) is -0.725. The van der Waals surface area contributed by atoms with E-state index < -0.39 is 10.8 Å². The molecule has 0 bridgehead atoms. The molecule has 0 aromatic heterocycles. The molecule has 0 saturated carbocycles. The van der Waals surface area contributed by atoms with Gasteiger partial charge in [-0.1, -0.05) is 13.8 Å². The molecule has 0 rings (SSSR count). The van der Waals surface area contributed by atoms with Gasteiger partial charge in [0.2, 0.25) is 0 Å². The first-order valence-electron chi connectivity index (χ1n) is 3.39. The Bertz CT molecular complexity index is 121. The second kappa shape index (κ2) is 4.09. The van der Waals surface area contributed by atoms with Crippen molar-refractivity contribution in [2.75, 3.05) is 18.6 Å². The van der Waals surface area contributed by atoms with Gasteiger partial charge in [-0.25, -0.2) is 0 Å². The van der Waals surface area contributed by atoms with Crippen molar-refractivity contribution in [1.29, 1.82) is 0 Å². The highest BCUT2D eigenvalue weighted by Crippen LogP contribution is 2.18. The topological polar surface area (TPSA) is 37.3 Å². The van der Waals surface area contributed by atoms with Gasteiger partial charge >= 0.3 is 0 Å². The van der Waals surface area contributed by atoms with Gasteiger partial charge in [0.1, 0.15) is 0 Å². The van der Waals surface area contributed by atoms with Crippen molar-refractivity contribution >= 4 is 10.8 Å². The zero-order valence-corrected chi connectivity index (χ0v) is 7.70. The van der Waals surface area contributed by atoms with Crippen molar-refractivity contribution in [3.05, 3.63) is 0 Å². The third-order valence-corrected chi connectivity index (χ3v) is 2.27. The van der Waals surface area contributed by atoms with Gasteiger partial charge < -0.3 is 5.11 Å². The molecule has 62 valence electrons. The molecule has 1 N–H and O–H groups in total. The van der Waals surface area contributed by atoms with Crippen LogP contribution in [0.4, 0.5) is 0 Å². The lowest BCUT2D eigenvalue weighted by molar-refractivity contribution is 0.156. The van der Waals surface area contributed by atoms with Crippen LogP contribution in [0.2, 0.25) is 0 Å². The molecule has 0 spiro atoms. The average Bonchev–Trinajstić information content (AvgIpc) is 1.85. The van der Waals surface area contributed by atoms with E-state index >= 15 is 0 Å². The summed E-state index contributed by atoms with van der Waals surface area (Å²) in [5.41, 5.74) is -0.0638. The first-order valence-corrected chi connectivity index (χ1v) is 5.11. The fourth-order valence-electron chi connectivity index (χ4n) is 0.499. The smallest absolute Gasteiger partial charge is 0.0482 e. The molecule has 0 aliphatic carbocycles. The minimum Gasteiger partial charge on any atom is -0.396 e. The van der Waals surface area contributed by atoms with Crippen LogP contribution in [0.5, 0.6) is 0 Å². The van der Waals surface area contributed by atoms with E-state index in [1.807, 2.05) is 13.8 Å². The first-order chi connectivity index (χ1) is 4.48. The molecule has 0 aliphatic heterocycles. The number of rotatable bonds is 4. The maximum absolute atomic E-state index is 10.6. The summed E-state index contributed by atoms with van der Waals surface area (Å²) in [5, 5.41) is 8.81. The molecule has 10 heavy (non-hydrogen) atoms. The van der Waals surface area contributed by atoms with Crippen LogP contribution in [0, 0.1) is 5.41 Å². The monoisotopic (exact) mass is 164 g/mol. The first kappa shape index (κ1) is 10.1. The SMILES string of the molecule is CS(=O)CCC(C)(C)CO. The summed E-state index contributed by atoms with van der Waals surface area (Å²) in [6.07, 6.45) is 2.51. The Morgan fingerprint density at radius 3 is 2.30 bits per heavy atom. The maximum atomic E-state index is 10.6. The van der Waals surface area contributed by atoms with Crippen LogP contribution in [0.25, 0.3) is 0 Å². The molecule has 0 saturated heterocycles. The molecular formula is C7H16O2S. The van der Waals surface area contributed by atoms with Crippen LogP contribution in [0.3, 0.4) is 0 Å². The second-order valence-corrected chi connectivity index (χ2v) is 4.90. The van der Waals surface area contributed by atoms with E-state index in [1.54, 1.807) is 6.26 Å². The highest BCUT2D eigenvalue weighted by atomic mass is 32.2. The van der Waals surface area contributed by atoms with E-state index in [1.165, 1.54) is 0 Å². The van der Waals surface area contributed by atoms with Crippen LogP contribution in [-0.2, 0) is 10.8 Å². The Morgan fingerprint density at radius 1 is 1.50 bits per heavy atom. The van der Waals surface area contributed by atoms with Crippen molar-refractivity contribution < 1.29 is 9.32 Å². The van der Waals surface area contributed by atoms with Crippen molar-refractivity contribution in [2.45, 2.75) is 20.3 Å². The van der Waals surface area contributed by atoms with Gasteiger partial charge in [-0.15, -0.1) is 0 Å². The van der Waals surface area contributed by atoms with Crippen molar-refractivity contribution in [3.8, 4) is 0 Å². The molecular weight excluding hydrogens is 148 g/mol. The van der Waals surface area contributed by atoms with Gasteiger partial charge in [-0.3, -0.25) is 4.21 Å². The molecule has 0 amide bonds. The van der Waals surface area contributed by atoms with Crippen molar-refractivity contribution in [3.63, 3.8) is 0 Å². The zero-order chi connectivity index (χ0) is 8.20. The summed E-state index contributed by atoms with van der Waals surface area (Å²) in [5.74, 6) is 0.688. The predicted molar refractivity (Wildman–Crippen MR) is 44.4 cm³/mol. The van der Waals surface area contributed by atoms with Gasteiger partial charge in [0.05, 0.1) is 0 Å². The highest BCUT2D eigenvalue weighted by Gasteiger charge is 2.15. The number of hydrogen-bond donors (Lipinski definition) is 1. The largest absolute Gasteiger partial charge is 0.396 e. The molecule has 1 atom stereocenters. The van der Waals surface area contributed by atoms with Gasteiger partial charge in [0.25, 0.3) is 0 Å². The lowest BCUT2D eigenvalue weighted by Crippen LogP contribution is -2.19. The van der Waals surface area contributed by atoms with Crippen LogP contribution in [0.15, 0.2) is 0 Å². The Hall–Kier alpha value is 0.110. The normalized spacial score (nSPS) is 15.2. The summed E-state index contributed by atoms with van der Waals surface area (Å²) in [6, 6.07) is 0. The highest BCUT2D eigenvalue weighted by molar-refractivity contribution is 7.84. The summed E-state index contributed by atoms with van der Waals surface area (Å²) in [6.45, 7) is 4.12. The van der Waals surface area contributed by atoms with E-state index in [0.29, 0.717) is 5.75 Å². The number of aliphatic hydroxyl groups excluding tert-OH is 1. The zero-order valence-electron chi connectivity index (χ0n) is 6.89. The third kappa shape index (κ3) is 4.94. The fourth-order valence-corrected chi connectivity index (χ4v) is 1.34. The van der Waals surface area contributed by atoms with E-state index in [0.717, 1.165) is 6.42 Å². The third-order valence-electron chi connectivity index (χ3n) is 1.49. The van der Waals surface area contributed by atoms with E-state index in [9.17, 15) is 4.21 Å². The Kier molecular flexibility index (Phi) is 4.13. The Balaban J connectivity index is 3.56. The van der Waals surface area contributed by atoms with Gasteiger partial charge in [-0.2, -0.15) is 0 Å². The Labute approximate surface area is 65.1 Å². The molecule has 2 nitrogen and oxygen atoms in total. The molecule has 0 aromatic rings. The standard InChI is InChI=1S/C7H16O2S/c1-7(2,6-8)4-5-10(3)9/h8H,4-6H2,1-3H3. The van der Waals surface area contributed by atoms with Gasteiger partial charge in [0.15, 0.2) is 0 Å². The van der Waals surface area contributed by atoms with Crippen LogP contribution in [0.1, 0.15) is 20.3 Å². The molecule has 1 unspecified atom stereocenters. The number of hydrogen-bond acceptors (Lipinski definition) is 2. The molecule has 3 heteroatoms. The van der Waals surface area contributed by atoms with E-state index in [-0.39, 0.29) is 12.0 Å². The van der Waals surface area contributed by atoms with Crippen molar-refractivity contribution in [1.82, 2.24) is 0 Å². The predicted octanol–water partition coefficient (Wildman–Crippen LogP) is 0.773. The van der Waals surface area contributed by atoms with Crippen LogP contribution < -0.4 is 0 Å². The van der Waals surface area contributed by atoms with Crippen molar-refractivity contribution in [2.24, 2.45) is 5.41 Å². The average molecular weight is 164 g/mol. The summed E-state index contributed by atoms with van der Waals surface area (Å²) in [4.78, 5) is 0.